The summed E-state index contributed by atoms with van der Waals surface area (Å²) >= 11 is 0. The number of hydrogen-bond donors (Lipinski definition) is 4. The zero-order valence-electron chi connectivity index (χ0n) is 21.0. The van der Waals surface area contributed by atoms with Crippen LogP contribution in [-0.4, -0.2) is 59.1 Å². The van der Waals surface area contributed by atoms with E-state index in [2.05, 4.69) is 15.6 Å². The second-order valence-electron chi connectivity index (χ2n) is 10.2. The van der Waals surface area contributed by atoms with Crippen LogP contribution in [0.25, 0.3) is 5.57 Å². The predicted octanol–water partition coefficient (Wildman–Crippen LogP) is 3.35. The second-order valence-corrected chi connectivity index (χ2v) is 10.2. The molecule has 2 fully saturated rings. The van der Waals surface area contributed by atoms with Crippen LogP contribution in [0.3, 0.4) is 0 Å². The van der Waals surface area contributed by atoms with Gasteiger partial charge in [0.25, 0.3) is 5.91 Å². The van der Waals surface area contributed by atoms with E-state index in [0.717, 1.165) is 25.0 Å². The quantitative estimate of drug-likeness (QED) is 0.438. The van der Waals surface area contributed by atoms with Gasteiger partial charge < -0.3 is 30.4 Å². The molecule has 2 aromatic rings. The standard InChI is InChI=1S/C27H31F3N4O4/c1-15-23(26(37)33-18-7-10-34(11-8-18)22(36)13-35)25-19(6-9-31-25)24(32-15)20-12-17(27(28,29)30)4-5-21(20)38-14-16-2-3-16/h4-6,9,12,16,18,24,31-32,35H,2-3,7-8,10-11,13-14H2,1H3,(H,33,37). The van der Waals surface area contributed by atoms with Crippen molar-refractivity contribution in [1.82, 2.24) is 20.5 Å². The molecule has 8 nitrogen and oxygen atoms in total. The molecular weight excluding hydrogens is 501 g/mol. The summed E-state index contributed by atoms with van der Waals surface area (Å²) in [5, 5.41) is 15.4. The topological polar surface area (TPSA) is 107 Å². The molecule has 0 bridgehead atoms. The molecule has 5 rings (SSSR count). The molecule has 4 N–H and O–H groups in total. The third-order valence-electron chi connectivity index (χ3n) is 7.44. The van der Waals surface area contributed by atoms with Crippen LogP contribution in [-0.2, 0) is 15.8 Å². The number of carbonyl (C=O) groups is 2. The van der Waals surface area contributed by atoms with E-state index in [9.17, 15) is 22.8 Å². The number of aliphatic hydroxyl groups is 1. The molecule has 1 aliphatic carbocycles. The minimum absolute atomic E-state index is 0.146. The SMILES string of the molecule is CC1=C(C(=O)NC2CCN(C(=O)CO)CC2)c2[nH]ccc2C(c2cc(C(F)(F)F)ccc2OCC2CC2)N1. The highest BCUT2D eigenvalue weighted by molar-refractivity contribution is 6.20. The van der Waals surface area contributed by atoms with Crippen molar-refractivity contribution in [3.8, 4) is 5.75 Å². The first-order chi connectivity index (χ1) is 18.2. The van der Waals surface area contributed by atoms with Gasteiger partial charge in [0.1, 0.15) is 12.4 Å². The number of piperidine rings is 1. The van der Waals surface area contributed by atoms with Gasteiger partial charge in [0.15, 0.2) is 0 Å². The number of allylic oxidation sites excluding steroid dienone is 1. The number of amides is 2. The van der Waals surface area contributed by atoms with Gasteiger partial charge in [-0.25, -0.2) is 0 Å². The van der Waals surface area contributed by atoms with E-state index in [1.165, 1.54) is 6.07 Å². The van der Waals surface area contributed by atoms with E-state index >= 15 is 0 Å². The lowest BCUT2D eigenvalue weighted by Crippen LogP contribution is -2.47. The molecule has 11 heteroatoms. The van der Waals surface area contributed by atoms with Gasteiger partial charge in [-0.1, -0.05) is 0 Å². The zero-order valence-corrected chi connectivity index (χ0v) is 21.0. The van der Waals surface area contributed by atoms with Crippen LogP contribution in [0.5, 0.6) is 5.75 Å². The minimum atomic E-state index is -4.51. The van der Waals surface area contributed by atoms with Gasteiger partial charge in [0, 0.05) is 42.2 Å². The molecule has 1 aromatic carbocycles. The summed E-state index contributed by atoms with van der Waals surface area (Å²) in [5.41, 5.74) is 1.72. The lowest BCUT2D eigenvalue weighted by molar-refractivity contribution is -0.137. The average Bonchev–Trinajstić information content (AvgIpc) is 3.60. The average molecular weight is 533 g/mol. The van der Waals surface area contributed by atoms with Crippen LogP contribution in [0.4, 0.5) is 13.2 Å². The monoisotopic (exact) mass is 532 g/mol. The van der Waals surface area contributed by atoms with E-state index in [1.807, 2.05) is 0 Å². The van der Waals surface area contributed by atoms with Crippen molar-refractivity contribution in [3.05, 3.63) is 58.5 Å². The molecule has 204 valence electrons. The molecule has 1 saturated carbocycles. The summed E-state index contributed by atoms with van der Waals surface area (Å²) in [4.78, 5) is 29.8. The Balaban J connectivity index is 1.39. The van der Waals surface area contributed by atoms with Crippen molar-refractivity contribution in [1.29, 1.82) is 0 Å². The number of rotatable bonds is 7. The number of aromatic nitrogens is 1. The smallest absolute Gasteiger partial charge is 0.416 e. The van der Waals surface area contributed by atoms with Crippen molar-refractivity contribution in [2.45, 2.75) is 50.9 Å². The summed E-state index contributed by atoms with van der Waals surface area (Å²) < 4.78 is 46.8. The van der Waals surface area contributed by atoms with Crippen molar-refractivity contribution in [2.24, 2.45) is 5.92 Å². The normalized spacial score (nSPS) is 20.1. The minimum Gasteiger partial charge on any atom is -0.493 e. The number of H-pyrrole nitrogens is 1. The van der Waals surface area contributed by atoms with Crippen LogP contribution in [0, 0.1) is 5.92 Å². The van der Waals surface area contributed by atoms with Gasteiger partial charge >= 0.3 is 6.18 Å². The third-order valence-corrected chi connectivity index (χ3v) is 7.44. The molecule has 3 heterocycles. The number of likely N-dealkylation sites (tertiary alicyclic amines) is 1. The molecule has 0 radical (unpaired) electrons. The number of nitrogens with zero attached hydrogens (tertiary/aromatic N) is 1. The molecule has 2 amide bonds. The highest BCUT2D eigenvalue weighted by Crippen LogP contribution is 2.42. The van der Waals surface area contributed by atoms with Crippen molar-refractivity contribution in [3.63, 3.8) is 0 Å². The Hall–Kier alpha value is -3.47. The lowest BCUT2D eigenvalue weighted by Gasteiger charge is -2.33. The predicted molar refractivity (Wildman–Crippen MR) is 133 cm³/mol. The first kappa shape index (κ1) is 26.1. The maximum Gasteiger partial charge on any atom is 0.416 e. The number of nitrogens with one attached hydrogen (secondary N) is 3. The second kappa shape index (κ2) is 10.4. The number of hydrogen-bond acceptors (Lipinski definition) is 5. The van der Waals surface area contributed by atoms with Crippen LogP contribution in [0.1, 0.15) is 61.0 Å². The number of ether oxygens (including phenoxy) is 1. The number of alkyl halides is 3. The fourth-order valence-electron chi connectivity index (χ4n) is 5.13. The summed E-state index contributed by atoms with van der Waals surface area (Å²) in [5.74, 6) is 0.178. The summed E-state index contributed by atoms with van der Waals surface area (Å²) in [6, 6.07) is 4.51. The van der Waals surface area contributed by atoms with Crippen LogP contribution in [0.15, 0.2) is 36.2 Å². The molecule has 2 aliphatic heterocycles. The molecule has 1 unspecified atom stereocenters. The first-order valence-corrected chi connectivity index (χ1v) is 12.8. The van der Waals surface area contributed by atoms with Crippen molar-refractivity contribution < 1.29 is 32.6 Å². The number of benzene rings is 1. The Morgan fingerprint density at radius 3 is 2.53 bits per heavy atom. The number of halogens is 3. The third kappa shape index (κ3) is 5.38. The van der Waals surface area contributed by atoms with E-state index < -0.39 is 24.4 Å². The maximum absolute atomic E-state index is 13.6. The summed E-state index contributed by atoms with van der Waals surface area (Å²) in [6.07, 6.45) is 0.384. The Bertz CT molecular complexity index is 1240. The Kier molecular flexibility index (Phi) is 7.13. The van der Waals surface area contributed by atoms with E-state index in [4.69, 9.17) is 9.84 Å². The molecule has 1 atom stereocenters. The Morgan fingerprint density at radius 2 is 1.87 bits per heavy atom. The number of carbonyl (C=O) groups excluding carboxylic acids is 2. The van der Waals surface area contributed by atoms with Gasteiger partial charge in [0.2, 0.25) is 5.91 Å². The van der Waals surface area contributed by atoms with E-state index in [0.29, 0.717) is 72.3 Å². The van der Waals surface area contributed by atoms with Gasteiger partial charge in [-0.15, -0.1) is 0 Å². The fourth-order valence-corrected chi connectivity index (χ4v) is 5.13. The molecule has 1 aromatic heterocycles. The van der Waals surface area contributed by atoms with Gasteiger partial charge in [0.05, 0.1) is 29.5 Å². The number of fused-ring (bicyclic) bond motifs is 1. The Morgan fingerprint density at radius 1 is 1.13 bits per heavy atom. The lowest BCUT2D eigenvalue weighted by atomic mass is 9.89. The highest BCUT2D eigenvalue weighted by atomic mass is 19.4. The summed E-state index contributed by atoms with van der Waals surface area (Å²) in [6.45, 7) is 2.53. The zero-order chi connectivity index (χ0) is 27.0. The fraction of sp³-hybridized carbons (Fsp3) is 0.481. The molecule has 0 spiro atoms. The maximum atomic E-state index is 13.6. The number of aliphatic hydroxyl groups excluding tert-OH is 1. The highest BCUT2D eigenvalue weighted by Gasteiger charge is 2.36. The van der Waals surface area contributed by atoms with Gasteiger partial charge in [-0.2, -0.15) is 13.2 Å². The number of aromatic amines is 1. The van der Waals surface area contributed by atoms with Crippen LogP contribution in [0.2, 0.25) is 0 Å². The van der Waals surface area contributed by atoms with Gasteiger partial charge in [-0.3, -0.25) is 9.59 Å². The molecule has 3 aliphatic rings. The first-order valence-electron chi connectivity index (χ1n) is 12.8. The largest absolute Gasteiger partial charge is 0.493 e. The van der Waals surface area contributed by atoms with E-state index in [-0.39, 0.29) is 17.9 Å². The molecule has 1 saturated heterocycles. The molecular formula is C27H31F3N4O4. The van der Waals surface area contributed by atoms with Crippen LogP contribution >= 0.6 is 0 Å². The Labute approximate surface area is 218 Å². The van der Waals surface area contributed by atoms with Crippen molar-refractivity contribution >= 4 is 17.4 Å². The van der Waals surface area contributed by atoms with Crippen LogP contribution < -0.4 is 15.4 Å². The van der Waals surface area contributed by atoms with Gasteiger partial charge in [-0.05, 0) is 62.8 Å². The van der Waals surface area contributed by atoms with E-state index in [1.54, 1.807) is 24.1 Å². The summed E-state index contributed by atoms with van der Waals surface area (Å²) in [7, 11) is 0. The molecule has 38 heavy (non-hydrogen) atoms. The van der Waals surface area contributed by atoms with Crippen molar-refractivity contribution in [2.75, 3.05) is 26.3 Å².